The Hall–Kier alpha value is -3.27. The second-order valence-corrected chi connectivity index (χ2v) is 5.63. The Bertz CT molecular complexity index is 892. The topological polar surface area (TPSA) is 114 Å². The summed E-state index contributed by atoms with van der Waals surface area (Å²) in [5.41, 5.74) is 5.89. The first-order chi connectivity index (χ1) is 11.4. The smallest absolute Gasteiger partial charge is 0.339 e. The van der Waals surface area contributed by atoms with Gasteiger partial charge in [0, 0.05) is 11.3 Å². The number of hydrogen-bond acceptors (Lipinski definition) is 6. The second-order valence-electron chi connectivity index (χ2n) is 5.63. The maximum Gasteiger partial charge on any atom is 0.339 e. The molecular formula is C17H15N3O4. The largest absolute Gasteiger partial charge is 0.466 e. The average molecular weight is 325 g/mol. The lowest BCUT2D eigenvalue weighted by molar-refractivity contribution is -0.138. The fraction of sp³-hybridized carbons (Fsp3) is 0.235. The normalized spacial score (nSPS) is 22.0. The monoisotopic (exact) mass is 325 g/mol. The van der Waals surface area contributed by atoms with Crippen molar-refractivity contribution in [1.82, 2.24) is 0 Å². The maximum atomic E-state index is 13.0. The van der Waals surface area contributed by atoms with Crippen LogP contribution in [0.2, 0.25) is 0 Å². The summed E-state index contributed by atoms with van der Waals surface area (Å²) in [7, 11) is 1.20. The van der Waals surface area contributed by atoms with Crippen molar-refractivity contribution in [2.75, 3.05) is 12.4 Å². The summed E-state index contributed by atoms with van der Waals surface area (Å²) in [6.45, 7) is 3.36. The number of nitrogens with one attached hydrogen (secondary N) is 1. The molecular weight excluding hydrogens is 310 g/mol. The lowest BCUT2D eigenvalue weighted by Crippen LogP contribution is -2.45. The first-order valence-corrected chi connectivity index (χ1v) is 7.18. The van der Waals surface area contributed by atoms with E-state index in [2.05, 4.69) is 5.32 Å². The number of aryl methyl sites for hydroxylation is 1. The highest BCUT2D eigenvalue weighted by Crippen LogP contribution is 2.52. The molecule has 0 bridgehead atoms. The molecule has 0 aromatic heterocycles. The number of amides is 1. The molecule has 0 unspecified atom stereocenters. The van der Waals surface area contributed by atoms with Gasteiger partial charge < -0.3 is 20.5 Å². The molecule has 1 aromatic carbocycles. The van der Waals surface area contributed by atoms with Crippen molar-refractivity contribution in [1.29, 1.82) is 5.26 Å². The van der Waals surface area contributed by atoms with E-state index in [1.54, 1.807) is 12.1 Å². The van der Waals surface area contributed by atoms with Gasteiger partial charge in [0.1, 0.15) is 23.0 Å². The lowest BCUT2D eigenvalue weighted by atomic mass is 9.68. The third-order valence-electron chi connectivity index (χ3n) is 4.28. The van der Waals surface area contributed by atoms with Gasteiger partial charge in [0.15, 0.2) is 5.41 Å². The minimum atomic E-state index is -1.67. The van der Waals surface area contributed by atoms with E-state index in [4.69, 9.17) is 15.2 Å². The summed E-state index contributed by atoms with van der Waals surface area (Å²) in [4.78, 5) is 25.4. The molecule has 1 spiro atoms. The van der Waals surface area contributed by atoms with Crippen LogP contribution in [0.3, 0.4) is 0 Å². The summed E-state index contributed by atoms with van der Waals surface area (Å²) in [5.74, 6) is -1.36. The molecule has 1 amide bonds. The Morgan fingerprint density at radius 2 is 2.12 bits per heavy atom. The number of esters is 1. The standard InChI is InChI=1S/C17H15N3O4/c1-8-4-5-12-10(6-8)17(16(22)20-12)11(7-18)14(19)24-9(2)13(17)15(21)23-3/h4-6H,19H2,1-3H3,(H,20,22)/t17-/m0/s1. The van der Waals surface area contributed by atoms with Gasteiger partial charge in [-0.2, -0.15) is 5.26 Å². The van der Waals surface area contributed by atoms with Crippen LogP contribution in [0.25, 0.3) is 0 Å². The van der Waals surface area contributed by atoms with Crippen LogP contribution >= 0.6 is 0 Å². The maximum absolute atomic E-state index is 13.0. The predicted octanol–water partition coefficient (Wildman–Crippen LogP) is 1.36. The molecule has 1 aromatic rings. The molecule has 3 N–H and O–H groups in total. The number of carbonyl (C=O) groups is 2. The number of anilines is 1. The Morgan fingerprint density at radius 1 is 1.42 bits per heavy atom. The highest BCUT2D eigenvalue weighted by atomic mass is 16.5. The summed E-state index contributed by atoms with van der Waals surface area (Å²) in [6.07, 6.45) is 0. The van der Waals surface area contributed by atoms with Crippen LogP contribution in [-0.4, -0.2) is 19.0 Å². The SMILES string of the molecule is COC(=O)C1=C(C)OC(N)=C(C#N)[C@]12C(=O)Nc1ccc(C)cc12. The van der Waals surface area contributed by atoms with Gasteiger partial charge >= 0.3 is 5.97 Å². The minimum absolute atomic E-state index is 0.0439. The summed E-state index contributed by atoms with van der Waals surface area (Å²) in [6, 6.07) is 7.23. The fourth-order valence-corrected chi connectivity index (χ4v) is 3.29. The van der Waals surface area contributed by atoms with Crippen LogP contribution < -0.4 is 11.1 Å². The van der Waals surface area contributed by atoms with Crippen molar-refractivity contribution in [3.8, 4) is 6.07 Å². The molecule has 0 radical (unpaired) electrons. The van der Waals surface area contributed by atoms with Gasteiger partial charge in [-0.3, -0.25) is 4.79 Å². The summed E-state index contributed by atoms with van der Waals surface area (Å²) < 4.78 is 10.2. The number of fused-ring (bicyclic) bond motifs is 2. The second kappa shape index (κ2) is 5.13. The number of nitriles is 1. The van der Waals surface area contributed by atoms with Crippen molar-refractivity contribution in [2.45, 2.75) is 19.3 Å². The van der Waals surface area contributed by atoms with E-state index in [1.165, 1.54) is 14.0 Å². The predicted molar refractivity (Wildman–Crippen MR) is 84.1 cm³/mol. The van der Waals surface area contributed by atoms with E-state index in [1.807, 2.05) is 19.1 Å². The Kier molecular flexibility index (Phi) is 3.34. The van der Waals surface area contributed by atoms with Crippen LogP contribution in [0.15, 0.2) is 41.0 Å². The van der Waals surface area contributed by atoms with E-state index >= 15 is 0 Å². The molecule has 3 rings (SSSR count). The van der Waals surface area contributed by atoms with Crippen LogP contribution in [0.5, 0.6) is 0 Å². The molecule has 0 saturated heterocycles. The van der Waals surface area contributed by atoms with Gasteiger partial charge in [0.2, 0.25) is 11.8 Å². The van der Waals surface area contributed by atoms with Crippen molar-refractivity contribution in [2.24, 2.45) is 5.73 Å². The molecule has 0 saturated carbocycles. The fourth-order valence-electron chi connectivity index (χ4n) is 3.29. The zero-order valence-electron chi connectivity index (χ0n) is 13.4. The van der Waals surface area contributed by atoms with Gasteiger partial charge in [-0.15, -0.1) is 0 Å². The highest BCUT2D eigenvalue weighted by Gasteiger charge is 2.59. The highest BCUT2D eigenvalue weighted by molar-refractivity contribution is 6.17. The molecule has 2 heterocycles. The van der Waals surface area contributed by atoms with Crippen LogP contribution in [0.1, 0.15) is 18.1 Å². The minimum Gasteiger partial charge on any atom is -0.466 e. The quantitative estimate of drug-likeness (QED) is 0.753. The molecule has 2 aliphatic rings. The molecule has 24 heavy (non-hydrogen) atoms. The van der Waals surface area contributed by atoms with E-state index in [9.17, 15) is 14.9 Å². The van der Waals surface area contributed by atoms with E-state index in [0.29, 0.717) is 11.3 Å². The third kappa shape index (κ3) is 1.77. The molecule has 0 fully saturated rings. The molecule has 122 valence electrons. The zero-order valence-corrected chi connectivity index (χ0v) is 13.4. The van der Waals surface area contributed by atoms with Crippen LogP contribution in [0.4, 0.5) is 5.69 Å². The molecule has 0 aliphatic carbocycles. The number of ether oxygens (including phenoxy) is 2. The Morgan fingerprint density at radius 3 is 2.75 bits per heavy atom. The summed E-state index contributed by atoms with van der Waals surface area (Å²) in [5, 5.41) is 12.4. The Labute approximate surface area is 138 Å². The third-order valence-corrected chi connectivity index (χ3v) is 4.28. The summed E-state index contributed by atoms with van der Waals surface area (Å²) >= 11 is 0. The number of carbonyl (C=O) groups excluding carboxylic acids is 2. The number of nitrogens with two attached hydrogens (primary N) is 1. The number of allylic oxidation sites excluding steroid dienone is 1. The zero-order chi connectivity index (χ0) is 17.6. The van der Waals surface area contributed by atoms with Crippen molar-refractivity contribution < 1.29 is 19.1 Å². The van der Waals surface area contributed by atoms with Gasteiger partial charge in [-0.05, 0) is 19.9 Å². The van der Waals surface area contributed by atoms with E-state index in [0.717, 1.165) is 5.56 Å². The number of hydrogen-bond donors (Lipinski definition) is 2. The van der Waals surface area contributed by atoms with Gasteiger partial charge in [0.25, 0.3) is 0 Å². The number of benzene rings is 1. The van der Waals surface area contributed by atoms with Crippen LogP contribution in [-0.2, 0) is 24.5 Å². The van der Waals surface area contributed by atoms with E-state index in [-0.39, 0.29) is 22.8 Å². The van der Waals surface area contributed by atoms with Crippen molar-refractivity contribution in [3.63, 3.8) is 0 Å². The average Bonchev–Trinajstić information content (AvgIpc) is 2.80. The number of nitrogens with zero attached hydrogens (tertiary/aromatic N) is 1. The lowest BCUT2D eigenvalue weighted by Gasteiger charge is -2.33. The molecule has 2 aliphatic heterocycles. The van der Waals surface area contributed by atoms with Gasteiger partial charge in [-0.1, -0.05) is 17.7 Å². The van der Waals surface area contributed by atoms with Crippen LogP contribution in [0, 0.1) is 18.3 Å². The van der Waals surface area contributed by atoms with Gasteiger partial charge in [0.05, 0.1) is 7.11 Å². The van der Waals surface area contributed by atoms with E-state index < -0.39 is 17.3 Å². The Balaban J connectivity index is 2.46. The first-order valence-electron chi connectivity index (χ1n) is 7.18. The van der Waals surface area contributed by atoms with Gasteiger partial charge in [-0.25, -0.2) is 4.79 Å². The molecule has 7 heteroatoms. The molecule has 7 nitrogen and oxygen atoms in total. The number of rotatable bonds is 1. The number of methoxy groups -OCH3 is 1. The molecule has 1 atom stereocenters. The van der Waals surface area contributed by atoms with Crippen molar-refractivity contribution >= 4 is 17.6 Å². The first kappa shape index (κ1) is 15.6. The van der Waals surface area contributed by atoms with Crippen molar-refractivity contribution in [3.05, 3.63) is 52.1 Å².